The highest BCUT2D eigenvalue weighted by atomic mass is 32.1. The summed E-state index contributed by atoms with van der Waals surface area (Å²) < 4.78 is 5.32. The Morgan fingerprint density at radius 2 is 1.92 bits per heavy atom. The summed E-state index contributed by atoms with van der Waals surface area (Å²) >= 11 is 1.35. The van der Waals surface area contributed by atoms with Crippen LogP contribution in [0.3, 0.4) is 0 Å². The van der Waals surface area contributed by atoms with Crippen molar-refractivity contribution in [2.24, 2.45) is 5.92 Å². The van der Waals surface area contributed by atoms with Crippen LogP contribution >= 0.6 is 11.3 Å². The van der Waals surface area contributed by atoms with Crippen molar-refractivity contribution >= 4 is 28.3 Å². The minimum absolute atomic E-state index is 0.134. The molecule has 134 valence electrons. The SMILES string of the molecule is CCOc1ccc(C(=O)NCC(=O)Nc2nnc(CC(C)C)s2)cc1. The molecule has 8 heteroatoms. The molecule has 1 aromatic heterocycles. The Kier molecular flexibility index (Phi) is 6.88. The summed E-state index contributed by atoms with van der Waals surface area (Å²) in [5.74, 6) is 0.512. The van der Waals surface area contributed by atoms with E-state index >= 15 is 0 Å². The summed E-state index contributed by atoms with van der Waals surface area (Å²) in [6.07, 6.45) is 0.821. The Morgan fingerprint density at radius 3 is 2.56 bits per heavy atom. The lowest BCUT2D eigenvalue weighted by atomic mass is 10.1. The smallest absolute Gasteiger partial charge is 0.251 e. The van der Waals surface area contributed by atoms with Gasteiger partial charge in [-0.1, -0.05) is 25.2 Å². The highest BCUT2D eigenvalue weighted by molar-refractivity contribution is 7.15. The number of anilines is 1. The van der Waals surface area contributed by atoms with Gasteiger partial charge >= 0.3 is 0 Å². The lowest BCUT2D eigenvalue weighted by Crippen LogP contribution is -2.32. The number of rotatable bonds is 8. The fraction of sp³-hybridized carbons (Fsp3) is 0.412. The molecule has 0 radical (unpaired) electrons. The van der Waals surface area contributed by atoms with Crippen molar-refractivity contribution in [3.63, 3.8) is 0 Å². The molecule has 0 aliphatic carbocycles. The van der Waals surface area contributed by atoms with E-state index in [0.29, 0.717) is 29.0 Å². The van der Waals surface area contributed by atoms with E-state index < -0.39 is 0 Å². The second-order valence-corrected chi connectivity index (χ2v) is 6.85. The van der Waals surface area contributed by atoms with Gasteiger partial charge in [0.05, 0.1) is 13.2 Å². The van der Waals surface area contributed by atoms with Gasteiger partial charge in [-0.25, -0.2) is 0 Å². The monoisotopic (exact) mass is 362 g/mol. The van der Waals surface area contributed by atoms with Gasteiger partial charge in [0.1, 0.15) is 10.8 Å². The highest BCUT2D eigenvalue weighted by Gasteiger charge is 2.11. The number of carbonyl (C=O) groups is 2. The average Bonchev–Trinajstić information content (AvgIpc) is 2.99. The van der Waals surface area contributed by atoms with Crippen molar-refractivity contribution in [1.82, 2.24) is 15.5 Å². The van der Waals surface area contributed by atoms with E-state index in [9.17, 15) is 9.59 Å². The number of amides is 2. The summed E-state index contributed by atoms with van der Waals surface area (Å²) in [5.41, 5.74) is 0.464. The zero-order valence-electron chi connectivity index (χ0n) is 14.5. The van der Waals surface area contributed by atoms with E-state index in [1.165, 1.54) is 11.3 Å². The second kappa shape index (κ2) is 9.12. The van der Waals surface area contributed by atoms with Crippen LogP contribution in [0.4, 0.5) is 5.13 Å². The lowest BCUT2D eigenvalue weighted by Gasteiger charge is -2.06. The molecular formula is C17H22N4O3S. The number of benzene rings is 1. The molecule has 2 rings (SSSR count). The summed E-state index contributed by atoms with van der Waals surface area (Å²) in [5, 5.41) is 14.5. The van der Waals surface area contributed by atoms with E-state index in [-0.39, 0.29) is 18.4 Å². The summed E-state index contributed by atoms with van der Waals surface area (Å²) in [6.45, 7) is 6.51. The van der Waals surface area contributed by atoms with Gasteiger partial charge in [-0.15, -0.1) is 10.2 Å². The molecule has 25 heavy (non-hydrogen) atoms. The van der Waals surface area contributed by atoms with Crippen molar-refractivity contribution in [1.29, 1.82) is 0 Å². The molecule has 1 aromatic carbocycles. The topological polar surface area (TPSA) is 93.2 Å². The molecule has 0 aliphatic heterocycles. The molecule has 0 saturated heterocycles. The first-order chi connectivity index (χ1) is 12.0. The minimum Gasteiger partial charge on any atom is -0.494 e. The number of hydrogen-bond donors (Lipinski definition) is 2. The van der Waals surface area contributed by atoms with Gasteiger partial charge in [0.2, 0.25) is 11.0 Å². The summed E-state index contributed by atoms with van der Waals surface area (Å²) in [4.78, 5) is 24.0. The molecule has 0 saturated carbocycles. The molecule has 0 atom stereocenters. The van der Waals surface area contributed by atoms with Crippen LogP contribution in [0.25, 0.3) is 0 Å². The predicted octanol–water partition coefficient (Wildman–Crippen LogP) is 2.50. The van der Waals surface area contributed by atoms with E-state index in [1.54, 1.807) is 24.3 Å². The first-order valence-electron chi connectivity index (χ1n) is 8.11. The van der Waals surface area contributed by atoms with E-state index in [4.69, 9.17) is 4.74 Å². The highest BCUT2D eigenvalue weighted by Crippen LogP contribution is 2.18. The zero-order chi connectivity index (χ0) is 18.2. The molecule has 0 unspecified atom stereocenters. The van der Waals surface area contributed by atoms with Gasteiger partial charge in [-0.2, -0.15) is 0 Å². The van der Waals surface area contributed by atoms with Crippen molar-refractivity contribution in [2.45, 2.75) is 27.2 Å². The number of carbonyl (C=O) groups excluding carboxylic acids is 2. The number of hydrogen-bond acceptors (Lipinski definition) is 6. The van der Waals surface area contributed by atoms with Gasteiger partial charge in [0.25, 0.3) is 5.91 Å². The molecule has 0 spiro atoms. The normalized spacial score (nSPS) is 10.6. The molecule has 1 heterocycles. The predicted molar refractivity (Wildman–Crippen MR) is 97.0 cm³/mol. The van der Waals surface area contributed by atoms with Crippen LogP contribution in [0.1, 0.15) is 36.1 Å². The van der Waals surface area contributed by atoms with E-state index in [1.807, 2.05) is 6.92 Å². The Balaban J connectivity index is 1.80. The van der Waals surface area contributed by atoms with Crippen LogP contribution in [-0.2, 0) is 11.2 Å². The van der Waals surface area contributed by atoms with Crippen LogP contribution in [-0.4, -0.2) is 35.2 Å². The van der Waals surface area contributed by atoms with Gasteiger partial charge in [-0.05, 0) is 37.1 Å². The number of nitrogens with zero attached hydrogens (tertiary/aromatic N) is 2. The number of aromatic nitrogens is 2. The number of nitrogens with one attached hydrogen (secondary N) is 2. The molecule has 0 fully saturated rings. The Hall–Kier alpha value is -2.48. The molecule has 0 aliphatic rings. The molecule has 2 aromatic rings. The third-order valence-electron chi connectivity index (χ3n) is 3.13. The number of ether oxygens (including phenoxy) is 1. The van der Waals surface area contributed by atoms with E-state index in [2.05, 4.69) is 34.7 Å². The third kappa shape index (κ3) is 6.15. The standard InChI is InChI=1S/C17H22N4O3S/c1-4-24-13-7-5-12(6-8-13)16(23)18-10-14(22)19-17-21-20-15(25-17)9-11(2)3/h5-8,11H,4,9-10H2,1-3H3,(H,18,23)(H,19,21,22). The third-order valence-corrected chi connectivity index (χ3v) is 3.99. The molecule has 2 amide bonds. The molecule has 0 bridgehead atoms. The van der Waals surface area contributed by atoms with Gasteiger partial charge in [0, 0.05) is 12.0 Å². The van der Waals surface area contributed by atoms with Crippen molar-refractivity contribution in [2.75, 3.05) is 18.5 Å². The minimum atomic E-state index is -0.341. The van der Waals surface area contributed by atoms with Crippen LogP contribution < -0.4 is 15.4 Å². The molecule has 7 nitrogen and oxygen atoms in total. The van der Waals surface area contributed by atoms with Gasteiger partial charge in [-0.3, -0.25) is 14.9 Å². The first-order valence-corrected chi connectivity index (χ1v) is 8.93. The Bertz CT molecular complexity index is 713. The maximum absolute atomic E-state index is 12.0. The van der Waals surface area contributed by atoms with Crippen LogP contribution in [0.15, 0.2) is 24.3 Å². The zero-order valence-corrected chi connectivity index (χ0v) is 15.4. The lowest BCUT2D eigenvalue weighted by molar-refractivity contribution is -0.115. The summed E-state index contributed by atoms with van der Waals surface area (Å²) in [7, 11) is 0. The second-order valence-electron chi connectivity index (χ2n) is 5.79. The quantitative estimate of drug-likeness (QED) is 0.753. The fourth-order valence-electron chi connectivity index (χ4n) is 2.03. The van der Waals surface area contributed by atoms with Crippen LogP contribution in [0.5, 0.6) is 5.75 Å². The van der Waals surface area contributed by atoms with Gasteiger partial charge in [0.15, 0.2) is 0 Å². The van der Waals surface area contributed by atoms with Crippen molar-refractivity contribution < 1.29 is 14.3 Å². The maximum atomic E-state index is 12.0. The average molecular weight is 362 g/mol. The first kappa shape index (κ1) is 18.9. The molecular weight excluding hydrogens is 340 g/mol. The fourth-order valence-corrected chi connectivity index (χ4v) is 3.00. The summed E-state index contributed by atoms with van der Waals surface area (Å²) in [6, 6.07) is 6.74. The Morgan fingerprint density at radius 1 is 1.20 bits per heavy atom. The van der Waals surface area contributed by atoms with Crippen molar-refractivity contribution in [3.8, 4) is 5.75 Å². The van der Waals surface area contributed by atoms with Crippen LogP contribution in [0, 0.1) is 5.92 Å². The molecule has 2 N–H and O–H groups in total. The van der Waals surface area contributed by atoms with E-state index in [0.717, 1.165) is 11.4 Å². The largest absolute Gasteiger partial charge is 0.494 e. The van der Waals surface area contributed by atoms with Crippen molar-refractivity contribution in [3.05, 3.63) is 34.8 Å². The maximum Gasteiger partial charge on any atom is 0.251 e. The Labute approximate surface area is 150 Å². The van der Waals surface area contributed by atoms with Crippen LogP contribution in [0.2, 0.25) is 0 Å². The van der Waals surface area contributed by atoms with Gasteiger partial charge < -0.3 is 10.1 Å².